The predicted molar refractivity (Wildman–Crippen MR) is 115 cm³/mol. The zero-order chi connectivity index (χ0) is 21.0. The maximum Gasteiger partial charge on any atom is 0.252 e. The number of rotatable bonds is 8. The molecule has 0 amide bonds. The molecule has 0 aliphatic carbocycles. The molecular formula is C21H25ClN4O3. The van der Waals surface area contributed by atoms with E-state index in [4.69, 9.17) is 11.6 Å². The molecule has 0 aliphatic heterocycles. The Morgan fingerprint density at radius 2 is 1.76 bits per heavy atom. The van der Waals surface area contributed by atoms with Crippen LogP contribution in [-0.2, 0) is 0 Å². The molecule has 0 radical (unpaired) electrons. The van der Waals surface area contributed by atoms with E-state index in [1.807, 2.05) is 32.0 Å². The molecular weight excluding hydrogens is 392 g/mol. The van der Waals surface area contributed by atoms with Crippen molar-refractivity contribution in [1.29, 1.82) is 0 Å². The van der Waals surface area contributed by atoms with Gasteiger partial charge in [-0.2, -0.15) is 4.98 Å². The molecule has 0 aliphatic rings. The van der Waals surface area contributed by atoms with Crippen molar-refractivity contribution in [1.82, 2.24) is 14.5 Å². The summed E-state index contributed by atoms with van der Waals surface area (Å²) in [6.45, 7) is 3.49. The van der Waals surface area contributed by atoms with Crippen LogP contribution in [-0.4, -0.2) is 44.0 Å². The summed E-state index contributed by atoms with van der Waals surface area (Å²) >= 11 is 6.43. The number of pyridine rings is 1. The van der Waals surface area contributed by atoms with Gasteiger partial charge in [-0.3, -0.25) is 9.36 Å². The molecule has 0 unspecified atom stereocenters. The smallest absolute Gasteiger partial charge is 0.252 e. The number of aliphatic hydroxyl groups is 2. The maximum absolute atomic E-state index is 12.7. The Morgan fingerprint density at radius 3 is 2.38 bits per heavy atom. The van der Waals surface area contributed by atoms with Crippen LogP contribution in [0.25, 0.3) is 22.3 Å². The Hall–Kier alpha value is -2.48. The van der Waals surface area contributed by atoms with E-state index in [9.17, 15) is 15.0 Å². The molecule has 29 heavy (non-hydrogen) atoms. The third-order valence-corrected chi connectivity index (χ3v) is 5.32. The molecule has 8 heteroatoms. The molecule has 1 aromatic carbocycles. The number of anilines is 1. The zero-order valence-corrected chi connectivity index (χ0v) is 17.2. The van der Waals surface area contributed by atoms with Crippen molar-refractivity contribution in [3.8, 4) is 11.3 Å². The normalized spacial score (nSPS) is 11.6. The van der Waals surface area contributed by atoms with Gasteiger partial charge in [-0.05, 0) is 25.0 Å². The summed E-state index contributed by atoms with van der Waals surface area (Å²) in [5.74, 6) is 0.214. The molecule has 3 aromatic rings. The van der Waals surface area contributed by atoms with E-state index in [1.54, 1.807) is 16.7 Å². The number of benzene rings is 1. The van der Waals surface area contributed by atoms with E-state index in [-0.39, 0.29) is 30.8 Å². The molecule has 154 valence electrons. The second-order valence-corrected chi connectivity index (χ2v) is 7.24. The molecule has 3 N–H and O–H groups in total. The van der Waals surface area contributed by atoms with Crippen molar-refractivity contribution in [3.63, 3.8) is 0 Å². The lowest BCUT2D eigenvalue weighted by atomic mass is 10.1. The van der Waals surface area contributed by atoms with Crippen LogP contribution >= 0.6 is 11.6 Å². The van der Waals surface area contributed by atoms with Crippen molar-refractivity contribution < 1.29 is 10.2 Å². The summed E-state index contributed by atoms with van der Waals surface area (Å²) in [5, 5.41) is 23.1. The third kappa shape index (κ3) is 4.27. The number of hydrogen-bond donors (Lipinski definition) is 3. The number of hydrogen-bond acceptors (Lipinski definition) is 6. The molecule has 0 bridgehead atoms. The van der Waals surface area contributed by atoms with Crippen LogP contribution in [0, 0.1) is 0 Å². The molecule has 0 spiro atoms. The molecule has 0 saturated carbocycles. The molecule has 0 fully saturated rings. The average Bonchev–Trinajstić information content (AvgIpc) is 2.74. The fourth-order valence-corrected chi connectivity index (χ4v) is 3.62. The van der Waals surface area contributed by atoms with E-state index in [1.165, 1.54) is 6.07 Å². The number of nitrogens with one attached hydrogen (secondary N) is 1. The first-order valence-electron chi connectivity index (χ1n) is 9.70. The minimum atomic E-state index is -0.622. The molecule has 3 rings (SSSR count). The lowest BCUT2D eigenvalue weighted by Crippen LogP contribution is -2.29. The average molecular weight is 417 g/mol. The second-order valence-electron chi connectivity index (χ2n) is 6.83. The highest BCUT2D eigenvalue weighted by Gasteiger charge is 2.19. The Labute approximate surface area is 174 Å². The van der Waals surface area contributed by atoms with E-state index in [0.717, 1.165) is 12.8 Å². The number of halogens is 1. The van der Waals surface area contributed by atoms with Gasteiger partial charge in [0.15, 0.2) is 0 Å². The van der Waals surface area contributed by atoms with Crippen LogP contribution in [0.2, 0.25) is 5.02 Å². The highest BCUT2D eigenvalue weighted by molar-refractivity contribution is 6.33. The van der Waals surface area contributed by atoms with Gasteiger partial charge in [0.1, 0.15) is 5.65 Å². The Morgan fingerprint density at radius 1 is 1.07 bits per heavy atom. The van der Waals surface area contributed by atoms with Gasteiger partial charge in [-0.25, -0.2) is 4.98 Å². The largest absolute Gasteiger partial charge is 0.394 e. The van der Waals surface area contributed by atoms with Crippen molar-refractivity contribution in [2.45, 2.75) is 38.8 Å². The SMILES string of the molecule is CCC(CC)n1c(=O)ccc2c(-c3ccccc3Cl)nc(NC(CO)CO)nc21. The summed E-state index contributed by atoms with van der Waals surface area (Å²) < 4.78 is 1.69. The van der Waals surface area contributed by atoms with Gasteiger partial charge < -0.3 is 15.5 Å². The lowest BCUT2D eigenvalue weighted by molar-refractivity contribution is 0.203. The van der Waals surface area contributed by atoms with Crippen LogP contribution in [0.15, 0.2) is 41.2 Å². The highest BCUT2D eigenvalue weighted by Crippen LogP contribution is 2.33. The number of aromatic nitrogens is 3. The van der Waals surface area contributed by atoms with Gasteiger partial charge in [-0.1, -0.05) is 43.6 Å². The fraction of sp³-hybridized carbons (Fsp3) is 0.381. The van der Waals surface area contributed by atoms with Gasteiger partial charge in [-0.15, -0.1) is 0 Å². The van der Waals surface area contributed by atoms with Gasteiger partial charge in [0.05, 0.1) is 24.9 Å². The summed E-state index contributed by atoms with van der Waals surface area (Å²) in [7, 11) is 0. The van der Waals surface area contributed by atoms with Crippen LogP contribution in [0.3, 0.4) is 0 Å². The zero-order valence-electron chi connectivity index (χ0n) is 16.5. The Kier molecular flexibility index (Phi) is 6.84. The minimum absolute atomic E-state index is 0.0143. The van der Waals surface area contributed by atoms with E-state index in [2.05, 4.69) is 15.3 Å². The van der Waals surface area contributed by atoms with E-state index >= 15 is 0 Å². The Bertz CT molecular complexity index is 1050. The van der Waals surface area contributed by atoms with Gasteiger partial charge in [0.25, 0.3) is 5.56 Å². The monoisotopic (exact) mass is 416 g/mol. The quantitative estimate of drug-likeness (QED) is 0.521. The predicted octanol–water partition coefficient (Wildman–Crippen LogP) is 3.24. The van der Waals surface area contributed by atoms with Crippen LogP contribution in [0.5, 0.6) is 0 Å². The maximum atomic E-state index is 12.7. The summed E-state index contributed by atoms with van der Waals surface area (Å²) in [6.07, 6.45) is 1.55. The van der Waals surface area contributed by atoms with Crippen molar-refractivity contribution in [3.05, 3.63) is 51.8 Å². The number of aliphatic hydroxyl groups excluding tert-OH is 2. The minimum Gasteiger partial charge on any atom is -0.394 e. The van der Waals surface area contributed by atoms with Crippen molar-refractivity contribution in [2.75, 3.05) is 18.5 Å². The topological polar surface area (TPSA) is 100 Å². The number of nitrogens with zero attached hydrogens (tertiary/aromatic N) is 3. The van der Waals surface area contributed by atoms with Crippen molar-refractivity contribution >= 4 is 28.6 Å². The van der Waals surface area contributed by atoms with E-state index in [0.29, 0.717) is 27.3 Å². The fourth-order valence-electron chi connectivity index (χ4n) is 3.40. The van der Waals surface area contributed by atoms with Crippen molar-refractivity contribution in [2.24, 2.45) is 0 Å². The Balaban J connectivity index is 2.35. The highest BCUT2D eigenvalue weighted by atomic mass is 35.5. The number of fused-ring (bicyclic) bond motifs is 1. The molecule has 2 heterocycles. The summed E-state index contributed by atoms with van der Waals surface area (Å²) in [5.41, 5.74) is 1.65. The van der Waals surface area contributed by atoms with Crippen LogP contribution in [0.1, 0.15) is 32.7 Å². The molecule has 2 aromatic heterocycles. The first-order valence-corrected chi connectivity index (χ1v) is 10.1. The second kappa shape index (κ2) is 9.35. The van der Waals surface area contributed by atoms with Crippen LogP contribution in [0.4, 0.5) is 5.95 Å². The summed E-state index contributed by atoms with van der Waals surface area (Å²) in [4.78, 5) is 21.9. The molecule has 0 atom stereocenters. The van der Waals surface area contributed by atoms with Gasteiger partial charge in [0, 0.05) is 28.1 Å². The lowest BCUT2D eigenvalue weighted by Gasteiger charge is -2.21. The third-order valence-electron chi connectivity index (χ3n) is 4.99. The molecule has 7 nitrogen and oxygen atoms in total. The summed E-state index contributed by atoms with van der Waals surface area (Å²) in [6, 6.07) is 9.94. The molecule has 0 saturated heterocycles. The first-order chi connectivity index (χ1) is 14.0. The first kappa shape index (κ1) is 21.2. The standard InChI is InChI=1S/C21H25ClN4O3/c1-3-14(4-2)26-18(29)10-9-16-19(15-7-5-6-8-17(15)22)24-21(25-20(16)26)23-13(11-27)12-28/h5-10,13-14,27-28H,3-4,11-12H2,1-2H3,(H,23,24,25). The van der Waals surface area contributed by atoms with E-state index < -0.39 is 6.04 Å². The van der Waals surface area contributed by atoms with Crippen LogP contribution < -0.4 is 10.9 Å². The van der Waals surface area contributed by atoms with Gasteiger partial charge >= 0.3 is 0 Å². The van der Waals surface area contributed by atoms with Gasteiger partial charge in [0.2, 0.25) is 5.95 Å².